The molecule has 5 heteroatoms. The van der Waals surface area contributed by atoms with Crippen molar-refractivity contribution in [2.75, 3.05) is 13.2 Å². The highest BCUT2D eigenvalue weighted by molar-refractivity contribution is 5.67. The fourth-order valence-electron chi connectivity index (χ4n) is 0.615. The Kier molecular flexibility index (Phi) is 6.26. The van der Waals surface area contributed by atoms with E-state index in [2.05, 4.69) is 5.32 Å². The van der Waals surface area contributed by atoms with Crippen LogP contribution in [0.1, 0.15) is 20.3 Å². The Bertz CT molecular complexity index is 149. The van der Waals surface area contributed by atoms with Crippen molar-refractivity contribution in [3.8, 4) is 0 Å². The summed E-state index contributed by atoms with van der Waals surface area (Å²) in [4.78, 5) is 10.9. The molecule has 3 N–H and O–H groups in total. The van der Waals surface area contributed by atoms with E-state index in [4.69, 9.17) is 14.9 Å². The number of rotatable bonds is 5. The van der Waals surface area contributed by atoms with Crippen LogP contribution in [0.5, 0.6) is 0 Å². The highest BCUT2D eigenvalue weighted by Crippen LogP contribution is 1.93. The van der Waals surface area contributed by atoms with Gasteiger partial charge in [-0.15, -0.1) is 0 Å². The fourth-order valence-corrected chi connectivity index (χ4v) is 0.615. The van der Waals surface area contributed by atoms with Gasteiger partial charge in [0.2, 0.25) is 0 Å². The number of carbonyl (C=O) groups is 1. The number of hydrogen-bond donors (Lipinski definition) is 3. The van der Waals surface area contributed by atoms with Crippen LogP contribution in [0.2, 0.25) is 0 Å². The van der Waals surface area contributed by atoms with Crippen molar-refractivity contribution in [3.05, 3.63) is 0 Å². The molecule has 0 heterocycles. The van der Waals surface area contributed by atoms with Gasteiger partial charge in [0.05, 0.1) is 6.61 Å². The standard InChI is InChI=1S/C8H17NO4/c1-6(2)5-13-8(12)9-7(11)3-4-10/h6-7,10-11H,3-5H2,1-2H3,(H,9,12). The molecular formula is C8H17NO4. The van der Waals surface area contributed by atoms with Gasteiger partial charge in [0.15, 0.2) is 0 Å². The van der Waals surface area contributed by atoms with E-state index >= 15 is 0 Å². The molecule has 5 nitrogen and oxygen atoms in total. The van der Waals surface area contributed by atoms with E-state index < -0.39 is 12.3 Å². The molecular weight excluding hydrogens is 174 g/mol. The lowest BCUT2D eigenvalue weighted by Crippen LogP contribution is -2.36. The molecule has 1 atom stereocenters. The molecule has 0 aromatic rings. The van der Waals surface area contributed by atoms with Gasteiger partial charge in [-0.2, -0.15) is 0 Å². The highest BCUT2D eigenvalue weighted by Gasteiger charge is 2.08. The summed E-state index contributed by atoms with van der Waals surface area (Å²) in [5, 5.41) is 19.6. The lowest BCUT2D eigenvalue weighted by molar-refractivity contribution is 0.0774. The SMILES string of the molecule is CC(C)COC(=O)NC(O)CCO. The van der Waals surface area contributed by atoms with Crippen molar-refractivity contribution < 1.29 is 19.7 Å². The first-order valence-electron chi connectivity index (χ1n) is 4.28. The smallest absolute Gasteiger partial charge is 0.409 e. The predicted molar refractivity (Wildman–Crippen MR) is 47.0 cm³/mol. The average molecular weight is 191 g/mol. The molecule has 13 heavy (non-hydrogen) atoms. The number of aliphatic hydroxyl groups is 2. The Morgan fingerprint density at radius 2 is 2.15 bits per heavy atom. The maximum atomic E-state index is 10.9. The molecule has 0 rings (SSSR count). The van der Waals surface area contributed by atoms with E-state index in [0.717, 1.165) is 0 Å². The third-order valence-electron chi connectivity index (χ3n) is 1.23. The summed E-state index contributed by atoms with van der Waals surface area (Å²) in [6.07, 6.45) is -1.59. The zero-order chi connectivity index (χ0) is 10.3. The first-order chi connectivity index (χ1) is 6.06. The van der Waals surface area contributed by atoms with Gasteiger partial charge in [-0.25, -0.2) is 4.79 Å². The Labute approximate surface area is 77.7 Å². The normalized spacial score (nSPS) is 12.7. The summed E-state index contributed by atoms with van der Waals surface area (Å²) >= 11 is 0. The van der Waals surface area contributed by atoms with Crippen LogP contribution < -0.4 is 5.32 Å². The molecule has 0 radical (unpaired) electrons. The number of carbonyl (C=O) groups excluding carboxylic acids is 1. The number of aliphatic hydroxyl groups excluding tert-OH is 2. The Balaban J connectivity index is 3.50. The number of hydrogen-bond acceptors (Lipinski definition) is 4. The third-order valence-corrected chi connectivity index (χ3v) is 1.23. The molecule has 0 aliphatic heterocycles. The van der Waals surface area contributed by atoms with Gasteiger partial charge in [-0.1, -0.05) is 13.8 Å². The maximum Gasteiger partial charge on any atom is 0.409 e. The zero-order valence-electron chi connectivity index (χ0n) is 7.99. The van der Waals surface area contributed by atoms with Gasteiger partial charge in [-0.3, -0.25) is 5.32 Å². The maximum absolute atomic E-state index is 10.9. The quantitative estimate of drug-likeness (QED) is 0.537. The second-order valence-corrected chi connectivity index (χ2v) is 3.16. The summed E-state index contributed by atoms with van der Waals surface area (Å²) in [6, 6.07) is 0. The van der Waals surface area contributed by atoms with Gasteiger partial charge in [-0.05, 0) is 5.92 Å². The van der Waals surface area contributed by atoms with E-state index in [-0.39, 0.29) is 18.9 Å². The first-order valence-corrected chi connectivity index (χ1v) is 4.28. The molecule has 0 saturated heterocycles. The minimum atomic E-state index is -1.04. The molecule has 0 aliphatic carbocycles. The van der Waals surface area contributed by atoms with Gasteiger partial charge < -0.3 is 14.9 Å². The molecule has 0 spiro atoms. The lowest BCUT2D eigenvalue weighted by Gasteiger charge is -2.12. The average Bonchev–Trinajstić information content (AvgIpc) is 2.01. The van der Waals surface area contributed by atoms with Crippen LogP contribution in [-0.2, 0) is 4.74 Å². The predicted octanol–water partition coefficient (Wildman–Crippen LogP) is 0.0694. The van der Waals surface area contributed by atoms with Crippen LogP contribution in [0.3, 0.4) is 0 Å². The van der Waals surface area contributed by atoms with Gasteiger partial charge in [0.25, 0.3) is 0 Å². The van der Waals surface area contributed by atoms with E-state index in [1.807, 2.05) is 13.8 Å². The molecule has 0 fully saturated rings. The van der Waals surface area contributed by atoms with Crippen molar-refractivity contribution >= 4 is 6.09 Å². The Hall–Kier alpha value is -0.810. The van der Waals surface area contributed by atoms with Crippen molar-refractivity contribution in [2.45, 2.75) is 26.5 Å². The lowest BCUT2D eigenvalue weighted by atomic mass is 10.2. The molecule has 0 saturated carbocycles. The molecule has 0 bridgehead atoms. The van der Waals surface area contributed by atoms with Crippen LogP contribution >= 0.6 is 0 Å². The Morgan fingerprint density at radius 3 is 2.62 bits per heavy atom. The molecule has 1 amide bonds. The van der Waals surface area contributed by atoms with Crippen molar-refractivity contribution in [1.29, 1.82) is 0 Å². The number of nitrogens with one attached hydrogen (secondary N) is 1. The minimum absolute atomic E-state index is 0.108. The number of ether oxygens (including phenoxy) is 1. The summed E-state index contributed by atoms with van der Waals surface area (Å²) in [5.74, 6) is 0.265. The Morgan fingerprint density at radius 1 is 1.54 bits per heavy atom. The van der Waals surface area contributed by atoms with Gasteiger partial charge >= 0.3 is 6.09 Å². The van der Waals surface area contributed by atoms with Crippen LogP contribution in [0, 0.1) is 5.92 Å². The fraction of sp³-hybridized carbons (Fsp3) is 0.875. The molecule has 0 aromatic carbocycles. The second kappa shape index (κ2) is 6.68. The molecule has 1 unspecified atom stereocenters. The van der Waals surface area contributed by atoms with Gasteiger partial charge in [0.1, 0.15) is 6.23 Å². The topological polar surface area (TPSA) is 78.8 Å². The van der Waals surface area contributed by atoms with Crippen molar-refractivity contribution in [1.82, 2.24) is 5.32 Å². The van der Waals surface area contributed by atoms with Crippen LogP contribution in [0.15, 0.2) is 0 Å². The van der Waals surface area contributed by atoms with Crippen LogP contribution in [-0.4, -0.2) is 35.7 Å². The highest BCUT2D eigenvalue weighted by atomic mass is 16.6. The largest absolute Gasteiger partial charge is 0.449 e. The number of alkyl carbamates (subject to hydrolysis) is 1. The van der Waals surface area contributed by atoms with Crippen LogP contribution in [0.25, 0.3) is 0 Å². The van der Waals surface area contributed by atoms with Gasteiger partial charge in [0, 0.05) is 13.0 Å². The summed E-state index contributed by atoms with van der Waals surface area (Å²) in [6.45, 7) is 3.97. The van der Waals surface area contributed by atoms with E-state index in [1.54, 1.807) is 0 Å². The minimum Gasteiger partial charge on any atom is -0.449 e. The van der Waals surface area contributed by atoms with E-state index in [0.29, 0.717) is 6.61 Å². The summed E-state index contributed by atoms with van der Waals surface area (Å²) in [7, 11) is 0. The first kappa shape index (κ1) is 12.2. The molecule has 0 aromatic heterocycles. The van der Waals surface area contributed by atoms with E-state index in [1.165, 1.54) is 0 Å². The number of amides is 1. The summed E-state index contributed by atoms with van der Waals surface area (Å²) in [5.41, 5.74) is 0. The van der Waals surface area contributed by atoms with Crippen molar-refractivity contribution in [2.24, 2.45) is 5.92 Å². The van der Waals surface area contributed by atoms with Crippen LogP contribution in [0.4, 0.5) is 4.79 Å². The monoisotopic (exact) mass is 191 g/mol. The van der Waals surface area contributed by atoms with Crippen molar-refractivity contribution in [3.63, 3.8) is 0 Å². The molecule has 78 valence electrons. The molecule has 0 aliphatic rings. The second-order valence-electron chi connectivity index (χ2n) is 3.16. The zero-order valence-corrected chi connectivity index (χ0v) is 7.99. The third kappa shape index (κ3) is 7.55. The van der Waals surface area contributed by atoms with E-state index in [9.17, 15) is 4.79 Å². The summed E-state index contributed by atoms with van der Waals surface area (Å²) < 4.78 is 4.73.